The average Bonchev–Trinajstić information content (AvgIpc) is 2.08. The maximum atomic E-state index is 9.40. The molecule has 1 fully saturated rings. The highest BCUT2D eigenvalue weighted by molar-refractivity contribution is 4.74. The third-order valence-corrected chi connectivity index (χ3v) is 2.93. The second kappa shape index (κ2) is 5.58. The van der Waals surface area contributed by atoms with Gasteiger partial charge in [-0.25, -0.2) is 0 Å². The summed E-state index contributed by atoms with van der Waals surface area (Å²) in [5, 5.41) is 9.40. The second-order valence-corrected chi connectivity index (χ2v) is 4.04. The fourth-order valence-corrected chi connectivity index (χ4v) is 1.75. The van der Waals surface area contributed by atoms with Gasteiger partial charge in [0.25, 0.3) is 0 Å². The van der Waals surface area contributed by atoms with Gasteiger partial charge < -0.3 is 15.7 Å². The first-order valence-corrected chi connectivity index (χ1v) is 5.36. The summed E-state index contributed by atoms with van der Waals surface area (Å²) in [6, 6.07) is 0. The van der Waals surface area contributed by atoms with Crippen molar-refractivity contribution in [2.24, 2.45) is 11.7 Å². The van der Waals surface area contributed by atoms with Crippen molar-refractivity contribution >= 4 is 0 Å². The van der Waals surface area contributed by atoms with Crippen molar-refractivity contribution in [3.8, 4) is 0 Å². The van der Waals surface area contributed by atoms with Gasteiger partial charge in [-0.15, -0.1) is 0 Å². The van der Waals surface area contributed by atoms with Crippen molar-refractivity contribution in [1.29, 1.82) is 0 Å². The molecule has 1 saturated carbocycles. The SMILES string of the molecule is CCN(CC(O)CN)CC1CCC1. The Balaban J connectivity index is 2.16. The number of likely N-dealkylation sites (N-methyl/N-ethyl adjacent to an activating group) is 1. The van der Waals surface area contributed by atoms with Crippen LogP contribution in [0.3, 0.4) is 0 Å². The number of rotatable bonds is 6. The molecule has 3 nitrogen and oxygen atoms in total. The molecule has 1 aliphatic carbocycles. The molecule has 0 aromatic heterocycles. The topological polar surface area (TPSA) is 49.5 Å². The van der Waals surface area contributed by atoms with Crippen LogP contribution in [0.2, 0.25) is 0 Å². The number of aliphatic hydroxyl groups is 1. The van der Waals surface area contributed by atoms with Crippen molar-refractivity contribution in [2.45, 2.75) is 32.3 Å². The minimum absolute atomic E-state index is 0.347. The van der Waals surface area contributed by atoms with Crippen LogP contribution in [0, 0.1) is 5.92 Å². The van der Waals surface area contributed by atoms with E-state index in [1.165, 1.54) is 19.3 Å². The van der Waals surface area contributed by atoms with E-state index in [1.54, 1.807) is 0 Å². The summed E-state index contributed by atoms with van der Waals surface area (Å²) < 4.78 is 0. The second-order valence-electron chi connectivity index (χ2n) is 4.04. The number of hydrogen-bond acceptors (Lipinski definition) is 3. The predicted octanol–water partition coefficient (Wildman–Crippen LogP) is 0.428. The van der Waals surface area contributed by atoms with Crippen LogP contribution in [0.4, 0.5) is 0 Å². The molecule has 13 heavy (non-hydrogen) atoms. The van der Waals surface area contributed by atoms with Gasteiger partial charge in [0.05, 0.1) is 6.10 Å². The molecule has 0 heterocycles. The molecule has 1 aliphatic rings. The molecule has 0 aliphatic heterocycles. The molecule has 0 radical (unpaired) electrons. The minimum atomic E-state index is -0.347. The van der Waals surface area contributed by atoms with E-state index < -0.39 is 0 Å². The molecule has 3 N–H and O–H groups in total. The lowest BCUT2D eigenvalue weighted by Gasteiger charge is -2.32. The Bertz CT molecular complexity index is 130. The van der Waals surface area contributed by atoms with Crippen LogP contribution in [0.1, 0.15) is 26.2 Å². The molecule has 0 amide bonds. The standard InChI is InChI=1S/C10H22N2O/c1-2-12(8-10(13)6-11)7-9-4-3-5-9/h9-10,13H,2-8,11H2,1H3. The van der Waals surface area contributed by atoms with Gasteiger partial charge in [0.1, 0.15) is 0 Å². The Morgan fingerprint density at radius 3 is 2.62 bits per heavy atom. The van der Waals surface area contributed by atoms with Crippen molar-refractivity contribution < 1.29 is 5.11 Å². The van der Waals surface area contributed by atoms with E-state index in [2.05, 4.69) is 11.8 Å². The maximum Gasteiger partial charge on any atom is 0.0789 e. The Kier molecular flexibility index (Phi) is 4.70. The first kappa shape index (κ1) is 11.0. The van der Waals surface area contributed by atoms with Gasteiger partial charge in [0, 0.05) is 19.6 Å². The largest absolute Gasteiger partial charge is 0.390 e. The summed E-state index contributed by atoms with van der Waals surface area (Å²) in [5.74, 6) is 0.880. The van der Waals surface area contributed by atoms with Crippen LogP contribution in [-0.2, 0) is 0 Å². The van der Waals surface area contributed by atoms with Gasteiger partial charge in [0.2, 0.25) is 0 Å². The molecule has 0 saturated heterocycles. The summed E-state index contributed by atoms with van der Waals surface area (Å²) >= 11 is 0. The highest BCUT2D eigenvalue weighted by Gasteiger charge is 2.20. The maximum absolute atomic E-state index is 9.40. The molecule has 78 valence electrons. The summed E-state index contributed by atoms with van der Waals surface area (Å²) in [6.07, 6.45) is 3.78. The Morgan fingerprint density at radius 1 is 1.54 bits per heavy atom. The summed E-state index contributed by atoms with van der Waals surface area (Å²) in [5.41, 5.74) is 5.38. The average molecular weight is 186 g/mol. The normalized spacial score (nSPS) is 20.3. The van der Waals surface area contributed by atoms with Crippen LogP contribution in [0.25, 0.3) is 0 Å². The van der Waals surface area contributed by atoms with Gasteiger partial charge in [-0.05, 0) is 25.3 Å². The van der Waals surface area contributed by atoms with Crippen LogP contribution >= 0.6 is 0 Å². The van der Waals surface area contributed by atoms with Gasteiger partial charge in [0.15, 0.2) is 0 Å². The van der Waals surface area contributed by atoms with E-state index in [0.717, 1.165) is 25.6 Å². The molecule has 0 aromatic carbocycles. The molecular weight excluding hydrogens is 164 g/mol. The lowest BCUT2D eigenvalue weighted by atomic mass is 9.85. The van der Waals surface area contributed by atoms with Gasteiger partial charge >= 0.3 is 0 Å². The van der Waals surface area contributed by atoms with Crippen LogP contribution in [0.5, 0.6) is 0 Å². The zero-order valence-electron chi connectivity index (χ0n) is 8.58. The Hall–Kier alpha value is -0.120. The van der Waals surface area contributed by atoms with E-state index >= 15 is 0 Å². The molecular formula is C10H22N2O. The van der Waals surface area contributed by atoms with Crippen molar-refractivity contribution in [2.75, 3.05) is 26.2 Å². The third-order valence-electron chi connectivity index (χ3n) is 2.93. The first-order valence-electron chi connectivity index (χ1n) is 5.36. The van der Waals surface area contributed by atoms with E-state index in [1.807, 2.05) is 0 Å². The molecule has 1 atom stereocenters. The summed E-state index contributed by atoms with van der Waals surface area (Å²) in [4.78, 5) is 2.31. The lowest BCUT2D eigenvalue weighted by molar-refractivity contribution is 0.0989. The number of hydrogen-bond donors (Lipinski definition) is 2. The quantitative estimate of drug-likeness (QED) is 0.632. The van der Waals surface area contributed by atoms with Crippen LogP contribution < -0.4 is 5.73 Å². The highest BCUT2D eigenvalue weighted by Crippen LogP contribution is 2.26. The number of aliphatic hydroxyl groups excluding tert-OH is 1. The van der Waals surface area contributed by atoms with Gasteiger partial charge in [-0.1, -0.05) is 13.3 Å². The monoisotopic (exact) mass is 186 g/mol. The predicted molar refractivity (Wildman–Crippen MR) is 54.5 cm³/mol. The molecule has 0 aromatic rings. The van der Waals surface area contributed by atoms with Crippen molar-refractivity contribution in [3.63, 3.8) is 0 Å². The molecule has 1 rings (SSSR count). The highest BCUT2D eigenvalue weighted by atomic mass is 16.3. The fraction of sp³-hybridized carbons (Fsp3) is 1.00. The van der Waals surface area contributed by atoms with Crippen LogP contribution in [0.15, 0.2) is 0 Å². The zero-order chi connectivity index (χ0) is 9.68. The minimum Gasteiger partial charge on any atom is -0.390 e. The van der Waals surface area contributed by atoms with E-state index in [4.69, 9.17) is 5.73 Å². The lowest BCUT2D eigenvalue weighted by Crippen LogP contribution is -2.40. The number of nitrogens with zero attached hydrogens (tertiary/aromatic N) is 1. The Morgan fingerprint density at radius 2 is 2.23 bits per heavy atom. The third kappa shape index (κ3) is 3.63. The van der Waals surface area contributed by atoms with Gasteiger partial charge in [-0.3, -0.25) is 0 Å². The summed E-state index contributed by atoms with van der Waals surface area (Å²) in [6.45, 7) is 5.42. The van der Waals surface area contributed by atoms with E-state index in [0.29, 0.717) is 6.54 Å². The summed E-state index contributed by atoms with van der Waals surface area (Å²) in [7, 11) is 0. The Labute approximate surface area is 80.9 Å². The van der Waals surface area contributed by atoms with Crippen molar-refractivity contribution in [3.05, 3.63) is 0 Å². The number of nitrogens with two attached hydrogens (primary N) is 1. The molecule has 1 unspecified atom stereocenters. The molecule has 3 heteroatoms. The van der Waals surface area contributed by atoms with E-state index in [-0.39, 0.29) is 6.10 Å². The molecule has 0 spiro atoms. The van der Waals surface area contributed by atoms with Crippen LogP contribution in [-0.4, -0.2) is 42.3 Å². The molecule has 0 bridgehead atoms. The smallest absolute Gasteiger partial charge is 0.0789 e. The van der Waals surface area contributed by atoms with Gasteiger partial charge in [-0.2, -0.15) is 0 Å². The van der Waals surface area contributed by atoms with E-state index in [9.17, 15) is 5.11 Å². The first-order chi connectivity index (χ1) is 6.26. The fourth-order valence-electron chi connectivity index (χ4n) is 1.75. The zero-order valence-corrected chi connectivity index (χ0v) is 8.58. The van der Waals surface area contributed by atoms with Crippen molar-refractivity contribution in [1.82, 2.24) is 4.90 Å².